The van der Waals surface area contributed by atoms with Crippen LogP contribution in [0.1, 0.15) is 19.2 Å². The molecule has 4 rings (SSSR count). The summed E-state index contributed by atoms with van der Waals surface area (Å²) in [6.45, 7) is 2.45. The van der Waals surface area contributed by atoms with Crippen LogP contribution < -0.4 is 5.56 Å². The lowest BCUT2D eigenvalue weighted by atomic mass is 10.2. The number of thioether (sulfide) groups is 1. The first-order valence-corrected chi connectivity index (χ1v) is 10.3. The Morgan fingerprint density at radius 1 is 1.17 bits per heavy atom. The van der Waals surface area contributed by atoms with Gasteiger partial charge in [-0.15, -0.1) is 0 Å². The molecule has 0 radical (unpaired) electrons. The molecule has 2 aromatic carbocycles. The molecule has 0 aliphatic rings. The van der Waals surface area contributed by atoms with Gasteiger partial charge in [0.2, 0.25) is 11.7 Å². The van der Waals surface area contributed by atoms with Crippen molar-refractivity contribution >= 4 is 34.3 Å². The fraction of sp³-hybridized carbons (Fsp3) is 0.200. The van der Waals surface area contributed by atoms with Crippen LogP contribution in [0.25, 0.3) is 22.3 Å². The van der Waals surface area contributed by atoms with Crippen molar-refractivity contribution in [2.75, 3.05) is 0 Å². The van der Waals surface area contributed by atoms with Gasteiger partial charge >= 0.3 is 0 Å². The topological polar surface area (TPSA) is 73.8 Å². The highest BCUT2D eigenvalue weighted by atomic mass is 35.5. The minimum Gasteiger partial charge on any atom is -0.338 e. The Bertz CT molecular complexity index is 1220. The maximum atomic E-state index is 13.6. The first kappa shape index (κ1) is 19.6. The lowest BCUT2D eigenvalue weighted by Gasteiger charge is -2.11. The van der Waals surface area contributed by atoms with E-state index in [0.717, 1.165) is 12.0 Å². The van der Waals surface area contributed by atoms with Crippen LogP contribution in [0.5, 0.6) is 0 Å². The summed E-state index contributed by atoms with van der Waals surface area (Å²) in [4.78, 5) is 21.7. The van der Waals surface area contributed by atoms with Gasteiger partial charge in [-0.2, -0.15) is 4.98 Å². The summed E-state index contributed by atoms with van der Waals surface area (Å²) < 4.78 is 20.4. The number of hydrogen-bond donors (Lipinski definition) is 0. The molecule has 0 unspecified atom stereocenters. The van der Waals surface area contributed by atoms with Gasteiger partial charge in [0.25, 0.3) is 5.56 Å². The molecule has 0 fully saturated rings. The zero-order valence-corrected chi connectivity index (χ0v) is 17.0. The summed E-state index contributed by atoms with van der Waals surface area (Å²) in [6, 6.07) is 11.2. The monoisotopic (exact) mass is 430 g/mol. The van der Waals surface area contributed by atoms with Gasteiger partial charge in [-0.05, 0) is 48.9 Å². The van der Waals surface area contributed by atoms with Gasteiger partial charge < -0.3 is 4.52 Å². The molecule has 0 atom stereocenters. The van der Waals surface area contributed by atoms with Gasteiger partial charge in [-0.3, -0.25) is 9.36 Å². The highest BCUT2D eigenvalue weighted by Crippen LogP contribution is 2.24. The van der Waals surface area contributed by atoms with Crippen LogP contribution in [0.4, 0.5) is 4.39 Å². The summed E-state index contributed by atoms with van der Waals surface area (Å²) >= 11 is 7.23. The van der Waals surface area contributed by atoms with Crippen molar-refractivity contribution in [3.63, 3.8) is 0 Å². The number of fused-ring (bicyclic) bond motifs is 1. The van der Waals surface area contributed by atoms with Crippen molar-refractivity contribution in [1.82, 2.24) is 19.7 Å². The van der Waals surface area contributed by atoms with E-state index in [0.29, 0.717) is 39.7 Å². The zero-order valence-electron chi connectivity index (χ0n) is 15.4. The Morgan fingerprint density at radius 2 is 1.97 bits per heavy atom. The fourth-order valence-electron chi connectivity index (χ4n) is 2.86. The molecule has 2 heterocycles. The molecule has 4 aromatic rings. The molecule has 0 spiro atoms. The molecule has 0 saturated heterocycles. The number of nitrogens with zero attached hydrogens (tertiary/aromatic N) is 4. The van der Waals surface area contributed by atoms with E-state index < -0.39 is 5.82 Å². The minimum absolute atomic E-state index is 0.258. The van der Waals surface area contributed by atoms with Crippen molar-refractivity contribution in [3.05, 3.63) is 69.5 Å². The molecular weight excluding hydrogens is 415 g/mol. The number of benzene rings is 2. The standard InChI is InChI=1S/C20H16ClFN4O2S/c1-2-9-26-19(27)15-10-14(22)7-8-16(15)23-20(26)29-11-17-24-18(25-28-17)12-3-5-13(21)6-4-12/h3-8,10H,2,9,11H2,1H3. The third-order valence-corrected chi connectivity index (χ3v) is 5.44. The van der Waals surface area contributed by atoms with Gasteiger partial charge in [0.1, 0.15) is 5.82 Å². The number of halogens is 2. The van der Waals surface area contributed by atoms with Crippen LogP contribution in [0.2, 0.25) is 5.02 Å². The maximum absolute atomic E-state index is 13.6. The van der Waals surface area contributed by atoms with Crippen LogP contribution in [-0.4, -0.2) is 19.7 Å². The zero-order chi connectivity index (χ0) is 20.4. The van der Waals surface area contributed by atoms with Crippen molar-refractivity contribution in [2.24, 2.45) is 0 Å². The summed E-state index contributed by atoms with van der Waals surface area (Å²) in [5.41, 5.74) is 0.994. The van der Waals surface area contributed by atoms with E-state index in [1.54, 1.807) is 16.7 Å². The Hall–Kier alpha value is -2.71. The molecule has 29 heavy (non-hydrogen) atoms. The number of aromatic nitrogens is 4. The molecule has 0 saturated carbocycles. The van der Waals surface area contributed by atoms with Crippen molar-refractivity contribution in [1.29, 1.82) is 0 Å². The predicted octanol–water partition coefficient (Wildman–Crippen LogP) is 4.94. The number of hydrogen-bond acceptors (Lipinski definition) is 6. The lowest BCUT2D eigenvalue weighted by molar-refractivity contribution is 0.391. The average Bonchev–Trinajstić information content (AvgIpc) is 3.19. The Balaban J connectivity index is 1.61. The van der Waals surface area contributed by atoms with E-state index in [9.17, 15) is 9.18 Å². The molecule has 2 aromatic heterocycles. The summed E-state index contributed by atoms with van der Waals surface area (Å²) in [5.74, 6) is 0.769. The molecule has 0 N–H and O–H groups in total. The predicted molar refractivity (Wildman–Crippen MR) is 111 cm³/mol. The first-order valence-electron chi connectivity index (χ1n) is 8.96. The van der Waals surface area contributed by atoms with Crippen LogP contribution in [0.15, 0.2) is 56.9 Å². The second-order valence-electron chi connectivity index (χ2n) is 6.32. The summed E-state index contributed by atoms with van der Waals surface area (Å²) in [5, 5.41) is 5.42. The summed E-state index contributed by atoms with van der Waals surface area (Å²) in [7, 11) is 0. The normalized spacial score (nSPS) is 11.3. The van der Waals surface area contributed by atoms with E-state index >= 15 is 0 Å². The van der Waals surface area contributed by atoms with Crippen molar-refractivity contribution in [3.8, 4) is 11.4 Å². The number of rotatable bonds is 6. The van der Waals surface area contributed by atoms with E-state index in [-0.39, 0.29) is 10.9 Å². The van der Waals surface area contributed by atoms with Crippen LogP contribution in [0, 0.1) is 5.82 Å². The van der Waals surface area contributed by atoms with Crippen molar-refractivity contribution in [2.45, 2.75) is 30.8 Å². The molecule has 0 aliphatic carbocycles. The minimum atomic E-state index is -0.458. The Kier molecular flexibility index (Phi) is 5.64. The van der Waals surface area contributed by atoms with Gasteiger partial charge in [0, 0.05) is 17.1 Å². The van der Waals surface area contributed by atoms with E-state index in [1.807, 2.05) is 19.1 Å². The second-order valence-corrected chi connectivity index (χ2v) is 7.70. The quantitative estimate of drug-likeness (QED) is 0.318. The molecular formula is C20H16ClFN4O2S. The fourth-order valence-corrected chi connectivity index (χ4v) is 3.85. The maximum Gasteiger partial charge on any atom is 0.262 e. The average molecular weight is 431 g/mol. The smallest absolute Gasteiger partial charge is 0.262 e. The second kappa shape index (κ2) is 8.34. The van der Waals surface area contributed by atoms with Crippen LogP contribution in [-0.2, 0) is 12.3 Å². The van der Waals surface area contributed by atoms with E-state index in [1.165, 1.54) is 30.0 Å². The van der Waals surface area contributed by atoms with Gasteiger partial charge in [-0.1, -0.05) is 35.4 Å². The molecule has 148 valence electrons. The van der Waals surface area contributed by atoms with Gasteiger partial charge in [-0.25, -0.2) is 9.37 Å². The molecule has 0 amide bonds. The molecule has 0 aliphatic heterocycles. The van der Waals surface area contributed by atoms with Gasteiger partial charge in [0.15, 0.2) is 5.16 Å². The largest absolute Gasteiger partial charge is 0.338 e. The summed E-state index contributed by atoms with van der Waals surface area (Å²) in [6.07, 6.45) is 0.747. The first-order chi connectivity index (χ1) is 14.0. The Morgan fingerprint density at radius 3 is 2.72 bits per heavy atom. The van der Waals surface area contributed by atoms with E-state index in [2.05, 4.69) is 15.1 Å². The van der Waals surface area contributed by atoms with Gasteiger partial charge in [0.05, 0.1) is 16.7 Å². The van der Waals surface area contributed by atoms with Crippen molar-refractivity contribution < 1.29 is 8.91 Å². The third-order valence-electron chi connectivity index (χ3n) is 4.22. The molecule has 9 heteroatoms. The Labute approximate surface area is 174 Å². The third kappa shape index (κ3) is 4.18. The molecule has 0 bridgehead atoms. The lowest BCUT2D eigenvalue weighted by Crippen LogP contribution is -2.23. The SMILES string of the molecule is CCCn1c(SCc2nc(-c3ccc(Cl)cc3)no2)nc2ccc(F)cc2c1=O. The van der Waals surface area contributed by atoms with Crippen LogP contribution >= 0.6 is 23.4 Å². The molecule has 6 nitrogen and oxygen atoms in total. The highest BCUT2D eigenvalue weighted by molar-refractivity contribution is 7.98. The van der Waals surface area contributed by atoms with Crippen LogP contribution in [0.3, 0.4) is 0 Å². The van der Waals surface area contributed by atoms with E-state index in [4.69, 9.17) is 16.1 Å². The highest BCUT2D eigenvalue weighted by Gasteiger charge is 2.15.